The second-order valence-corrected chi connectivity index (χ2v) is 3.97. The van der Waals surface area contributed by atoms with E-state index in [-0.39, 0.29) is 19.0 Å². The topological polar surface area (TPSA) is 104 Å². The third-order valence-corrected chi connectivity index (χ3v) is 2.39. The van der Waals surface area contributed by atoms with Crippen LogP contribution in [0.2, 0.25) is 0 Å². The van der Waals surface area contributed by atoms with Crippen LogP contribution in [0.25, 0.3) is 0 Å². The van der Waals surface area contributed by atoms with Gasteiger partial charge in [0.25, 0.3) is 5.56 Å². The summed E-state index contributed by atoms with van der Waals surface area (Å²) in [6, 6.07) is 10.2. The molecule has 0 bridgehead atoms. The molecule has 0 aliphatic carbocycles. The molecule has 0 saturated carbocycles. The minimum atomic E-state index is -0.639. The van der Waals surface area contributed by atoms with Gasteiger partial charge in [0, 0.05) is 0 Å². The number of ether oxygens (including phenoxy) is 1. The number of carbonyl (C=O) groups excluding carboxylic acids is 1. The van der Waals surface area contributed by atoms with Crippen LogP contribution < -0.4 is 10.9 Å². The Morgan fingerprint density at radius 2 is 2.10 bits per heavy atom. The number of nitrogens with one attached hydrogen (secondary N) is 2. The number of amides is 1. The van der Waals surface area contributed by atoms with Gasteiger partial charge in [0.1, 0.15) is 12.4 Å². The van der Waals surface area contributed by atoms with Gasteiger partial charge in [0.15, 0.2) is 0 Å². The number of hydrogen-bond donors (Lipinski definition) is 3. The van der Waals surface area contributed by atoms with Crippen LogP contribution in [0, 0.1) is 0 Å². The van der Waals surface area contributed by atoms with Crippen LogP contribution in [-0.4, -0.2) is 21.2 Å². The lowest BCUT2D eigenvalue weighted by Crippen LogP contribution is -2.26. The standard InChI is InChI=1S/C13H13N3O4/c17-11-6-12(18)16-10(15-11)7-14-13(19)20-8-9-4-2-1-3-5-9/h1-6H,7-8H2,(H,14,19)(H2,15,16,17,18). The van der Waals surface area contributed by atoms with E-state index < -0.39 is 17.5 Å². The summed E-state index contributed by atoms with van der Waals surface area (Å²) in [5, 5.41) is 11.6. The molecule has 2 aromatic rings. The van der Waals surface area contributed by atoms with Crippen molar-refractivity contribution in [3.8, 4) is 5.88 Å². The quantitative estimate of drug-likeness (QED) is 0.769. The van der Waals surface area contributed by atoms with Gasteiger partial charge < -0.3 is 20.1 Å². The van der Waals surface area contributed by atoms with Gasteiger partial charge >= 0.3 is 6.09 Å². The van der Waals surface area contributed by atoms with E-state index in [0.717, 1.165) is 11.6 Å². The van der Waals surface area contributed by atoms with E-state index in [4.69, 9.17) is 9.84 Å². The van der Waals surface area contributed by atoms with E-state index in [1.807, 2.05) is 30.3 Å². The number of hydrogen-bond acceptors (Lipinski definition) is 5. The van der Waals surface area contributed by atoms with Crippen LogP contribution >= 0.6 is 0 Å². The summed E-state index contributed by atoms with van der Waals surface area (Å²) in [4.78, 5) is 28.5. The van der Waals surface area contributed by atoms with Crippen LogP contribution in [0.3, 0.4) is 0 Å². The van der Waals surface area contributed by atoms with Gasteiger partial charge in [-0.2, -0.15) is 4.98 Å². The molecule has 20 heavy (non-hydrogen) atoms. The zero-order valence-electron chi connectivity index (χ0n) is 10.5. The van der Waals surface area contributed by atoms with Crippen molar-refractivity contribution in [1.29, 1.82) is 0 Å². The Balaban J connectivity index is 1.82. The van der Waals surface area contributed by atoms with Crippen molar-refractivity contribution in [2.24, 2.45) is 0 Å². The Bertz CT molecular complexity index is 640. The first-order valence-corrected chi connectivity index (χ1v) is 5.87. The monoisotopic (exact) mass is 275 g/mol. The first kappa shape index (κ1) is 13.6. The number of alkyl carbamates (subject to hydrolysis) is 1. The number of H-pyrrole nitrogens is 1. The Morgan fingerprint density at radius 1 is 1.35 bits per heavy atom. The number of nitrogens with zero attached hydrogens (tertiary/aromatic N) is 1. The van der Waals surface area contributed by atoms with Crippen molar-refractivity contribution in [2.45, 2.75) is 13.2 Å². The summed E-state index contributed by atoms with van der Waals surface area (Å²) < 4.78 is 4.98. The summed E-state index contributed by atoms with van der Waals surface area (Å²) in [7, 11) is 0. The van der Waals surface area contributed by atoms with Gasteiger partial charge in [-0.3, -0.25) is 4.79 Å². The maximum absolute atomic E-state index is 11.4. The fourth-order valence-electron chi connectivity index (χ4n) is 1.51. The van der Waals surface area contributed by atoms with Crippen molar-refractivity contribution < 1.29 is 14.6 Å². The third-order valence-electron chi connectivity index (χ3n) is 2.39. The third kappa shape index (κ3) is 4.13. The Kier molecular flexibility index (Phi) is 4.33. The molecule has 104 valence electrons. The summed E-state index contributed by atoms with van der Waals surface area (Å²) in [6.45, 7) is 0.105. The van der Waals surface area contributed by atoms with Gasteiger partial charge in [-0.15, -0.1) is 0 Å². The molecule has 2 rings (SSSR count). The first-order chi connectivity index (χ1) is 9.63. The highest BCUT2D eigenvalue weighted by atomic mass is 16.5. The van der Waals surface area contributed by atoms with Crippen LogP contribution in [0.5, 0.6) is 5.88 Å². The molecule has 0 aliphatic rings. The number of aromatic nitrogens is 2. The maximum atomic E-state index is 11.4. The number of carbonyl (C=O) groups is 1. The molecule has 0 spiro atoms. The normalized spacial score (nSPS) is 10.0. The molecule has 0 atom stereocenters. The zero-order chi connectivity index (χ0) is 14.4. The number of aromatic hydroxyl groups is 1. The lowest BCUT2D eigenvalue weighted by atomic mass is 10.2. The fraction of sp³-hybridized carbons (Fsp3) is 0.154. The number of benzene rings is 1. The van der Waals surface area contributed by atoms with Gasteiger partial charge in [-0.1, -0.05) is 30.3 Å². The fourth-order valence-corrected chi connectivity index (χ4v) is 1.51. The molecular formula is C13H13N3O4. The summed E-state index contributed by atoms with van der Waals surface area (Å²) in [6.07, 6.45) is -0.639. The molecule has 0 unspecified atom stereocenters. The molecule has 1 aromatic carbocycles. The Morgan fingerprint density at radius 3 is 2.80 bits per heavy atom. The predicted octanol–water partition coefficient (Wildman–Crippen LogP) is 0.902. The Hall–Kier alpha value is -2.83. The second-order valence-electron chi connectivity index (χ2n) is 3.97. The molecular weight excluding hydrogens is 262 g/mol. The predicted molar refractivity (Wildman–Crippen MR) is 70.0 cm³/mol. The summed E-state index contributed by atoms with van der Waals surface area (Å²) >= 11 is 0. The van der Waals surface area contributed by atoms with Gasteiger partial charge in [0.2, 0.25) is 5.88 Å². The van der Waals surface area contributed by atoms with Crippen LogP contribution in [-0.2, 0) is 17.9 Å². The van der Waals surface area contributed by atoms with E-state index in [2.05, 4.69) is 15.3 Å². The van der Waals surface area contributed by atoms with Crippen LogP contribution in [0.1, 0.15) is 11.4 Å². The minimum absolute atomic E-state index is 0.0444. The Labute approximate surface area is 114 Å². The van der Waals surface area contributed by atoms with Gasteiger partial charge in [-0.05, 0) is 5.56 Å². The first-order valence-electron chi connectivity index (χ1n) is 5.87. The van der Waals surface area contributed by atoms with Gasteiger partial charge in [-0.25, -0.2) is 4.79 Å². The summed E-state index contributed by atoms with van der Waals surface area (Å²) in [5.74, 6) is -0.255. The van der Waals surface area contributed by atoms with Crippen molar-refractivity contribution in [3.63, 3.8) is 0 Å². The molecule has 0 aliphatic heterocycles. The molecule has 0 radical (unpaired) electrons. The lowest BCUT2D eigenvalue weighted by Gasteiger charge is -2.06. The van der Waals surface area contributed by atoms with E-state index in [0.29, 0.717) is 0 Å². The second kappa shape index (κ2) is 6.37. The smallest absolute Gasteiger partial charge is 0.407 e. The lowest BCUT2D eigenvalue weighted by molar-refractivity contribution is 0.139. The number of aromatic amines is 1. The molecule has 1 amide bonds. The average molecular weight is 275 g/mol. The van der Waals surface area contributed by atoms with Crippen LogP contribution in [0.4, 0.5) is 4.79 Å². The highest BCUT2D eigenvalue weighted by molar-refractivity contribution is 5.67. The van der Waals surface area contributed by atoms with E-state index >= 15 is 0 Å². The number of rotatable bonds is 4. The van der Waals surface area contributed by atoms with Crippen molar-refractivity contribution >= 4 is 6.09 Å². The largest absolute Gasteiger partial charge is 0.493 e. The minimum Gasteiger partial charge on any atom is -0.493 e. The molecule has 7 nitrogen and oxygen atoms in total. The van der Waals surface area contributed by atoms with Crippen molar-refractivity contribution in [3.05, 3.63) is 58.1 Å². The SMILES string of the molecule is O=C(NCc1nc(O)cc(=O)[nH]1)OCc1ccccc1. The highest BCUT2D eigenvalue weighted by Gasteiger charge is 2.05. The van der Waals surface area contributed by atoms with Gasteiger partial charge in [0.05, 0.1) is 12.6 Å². The molecule has 7 heteroatoms. The van der Waals surface area contributed by atoms with Crippen molar-refractivity contribution in [2.75, 3.05) is 0 Å². The molecule has 0 saturated heterocycles. The van der Waals surface area contributed by atoms with E-state index in [9.17, 15) is 9.59 Å². The highest BCUT2D eigenvalue weighted by Crippen LogP contribution is 2.01. The van der Waals surface area contributed by atoms with Crippen molar-refractivity contribution in [1.82, 2.24) is 15.3 Å². The molecule has 3 N–H and O–H groups in total. The van der Waals surface area contributed by atoms with E-state index in [1.54, 1.807) is 0 Å². The maximum Gasteiger partial charge on any atom is 0.407 e. The molecule has 0 fully saturated rings. The average Bonchev–Trinajstić information content (AvgIpc) is 2.43. The zero-order valence-corrected chi connectivity index (χ0v) is 10.5. The molecule has 1 heterocycles. The van der Waals surface area contributed by atoms with E-state index in [1.165, 1.54) is 0 Å². The molecule has 1 aromatic heterocycles. The van der Waals surface area contributed by atoms with Crippen LogP contribution in [0.15, 0.2) is 41.2 Å². The summed E-state index contributed by atoms with van der Waals surface area (Å²) in [5.41, 5.74) is 0.374.